The third-order valence-corrected chi connectivity index (χ3v) is 6.75. The molecule has 6 heteroatoms. The lowest BCUT2D eigenvalue weighted by molar-refractivity contribution is -0.149. The van der Waals surface area contributed by atoms with Crippen molar-refractivity contribution in [2.75, 3.05) is 37.7 Å². The van der Waals surface area contributed by atoms with Crippen LogP contribution < -0.4 is 4.90 Å². The van der Waals surface area contributed by atoms with Gasteiger partial charge in [0.2, 0.25) is 5.91 Å². The van der Waals surface area contributed by atoms with E-state index in [0.29, 0.717) is 17.9 Å². The first kappa shape index (κ1) is 16.5. The quantitative estimate of drug-likeness (QED) is 0.832. The van der Waals surface area contributed by atoms with E-state index in [9.17, 15) is 4.79 Å². The van der Waals surface area contributed by atoms with Gasteiger partial charge in [0, 0.05) is 56.6 Å². The van der Waals surface area contributed by atoms with Crippen molar-refractivity contribution in [1.29, 1.82) is 0 Å². The molecular formula is C20H28N4O2. The Hall–Kier alpha value is -1.69. The molecule has 4 heterocycles. The largest absolute Gasteiger partial charge is 0.381 e. The Morgan fingerprint density at radius 3 is 2.73 bits per heavy atom. The van der Waals surface area contributed by atoms with Crippen LogP contribution in [0.1, 0.15) is 56.6 Å². The predicted octanol–water partition coefficient (Wildman–Crippen LogP) is 2.35. The first-order valence-electron chi connectivity index (χ1n) is 10.2. The third-order valence-electron chi connectivity index (χ3n) is 6.75. The minimum Gasteiger partial charge on any atom is -0.381 e. The number of anilines is 1. The van der Waals surface area contributed by atoms with Gasteiger partial charge in [-0.15, -0.1) is 0 Å². The summed E-state index contributed by atoms with van der Waals surface area (Å²) in [5.41, 5.74) is 0.969. The summed E-state index contributed by atoms with van der Waals surface area (Å²) in [5.74, 6) is 2.03. The Morgan fingerprint density at radius 2 is 1.92 bits per heavy atom. The van der Waals surface area contributed by atoms with Gasteiger partial charge >= 0.3 is 0 Å². The Kier molecular flexibility index (Phi) is 4.11. The summed E-state index contributed by atoms with van der Waals surface area (Å²) < 4.78 is 5.49. The first-order chi connectivity index (χ1) is 12.8. The van der Waals surface area contributed by atoms with Gasteiger partial charge in [-0.1, -0.05) is 0 Å². The minimum atomic E-state index is -0.207. The molecule has 0 bridgehead atoms. The minimum absolute atomic E-state index is 0.207. The average Bonchev–Trinajstić information content (AvgIpc) is 3.46. The fourth-order valence-electron chi connectivity index (χ4n) is 5.03. The smallest absolute Gasteiger partial charge is 0.230 e. The highest BCUT2D eigenvalue weighted by Crippen LogP contribution is 2.44. The zero-order chi connectivity index (χ0) is 17.6. The molecule has 1 aromatic heterocycles. The van der Waals surface area contributed by atoms with Crippen LogP contribution in [0.5, 0.6) is 0 Å². The van der Waals surface area contributed by atoms with Crippen molar-refractivity contribution < 1.29 is 9.53 Å². The van der Waals surface area contributed by atoms with E-state index in [1.54, 1.807) is 6.33 Å². The van der Waals surface area contributed by atoms with Crippen molar-refractivity contribution in [3.63, 3.8) is 0 Å². The summed E-state index contributed by atoms with van der Waals surface area (Å²) in [5, 5.41) is 0. The molecule has 5 rings (SSSR count). The Balaban J connectivity index is 1.33. The second-order valence-electron chi connectivity index (χ2n) is 8.47. The molecule has 0 N–H and O–H groups in total. The van der Waals surface area contributed by atoms with Crippen LogP contribution in [0.4, 0.5) is 5.82 Å². The number of carbonyl (C=O) groups excluding carboxylic acids is 1. The number of amides is 1. The second kappa shape index (κ2) is 6.48. The fraction of sp³-hybridized carbons (Fsp3) is 0.750. The molecule has 1 aromatic rings. The predicted molar refractivity (Wildman–Crippen MR) is 98.1 cm³/mol. The summed E-state index contributed by atoms with van der Waals surface area (Å²) >= 11 is 0. The zero-order valence-corrected chi connectivity index (χ0v) is 15.4. The van der Waals surface area contributed by atoms with Crippen LogP contribution in [0.3, 0.4) is 0 Å². The van der Waals surface area contributed by atoms with E-state index >= 15 is 0 Å². The van der Waals surface area contributed by atoms with E-state index in [-0.39, 0.29) is 5.41 Å². The van der Waals surface area contributed by atoms with Crippen molar-refractivity contribution in [2.24, 2.45) is 5.41 Å². The Morgan fingerprint density at radius 1 is 1.08 bits per heavy atom. The molecule has 3 aliphatic heterocycles. The van der Waals surface area contributed by atoms with Crippen molar-refractivity contribution in [1.82, 2.24) is 14.9 Å². The number of nitrogens with zero attached hydrogens (tertiary/aromatic N) is 4. The van der Waals surface area contributed by atoms with Gasteiger partial charge in [0.25, 0.3) is 0 Å². The number of aromatic nitrogens is 2. The molecule has 1 amide bonds. The van der Waals surface area contributed by atoms with E-state index < -0.39 is 0 Å². The van der Waals surface area contributed by atoms with Crippen LogP contribution in [0, 0.1) is 5.41 Å². The van der Waals surface area contributed by atoms with Gasteiger partial charge in [-0.2, -0.15) is 0 Å². The van der Waals surface area contributed by atoms with Crippen LogP contribution in [-0.2, 0) is 9.53 Å². The zero-order valence-electron chi connectivity index (χ0n) is 15.4. The van der Waals surface area contributed by atoms with Crippen molar-refractivity contribution in [3.05, 3.63) is 18.1 Å². The lowest BCUT2D eigenvalue weighted by atomic mass is 9.77. The Labute approximate surface area is 154 Å². The van der Waals surface area contributed by atoms with Gasteiger partial charge in [-0.3, -0.25) is 4.79 Å². The van der Waals surface area contributed by atoms with E-state index in [1.165, 1.54) is 18.5 Å². The van der Waals surface area contributed by atoms with Crippen molar-refractivity contribution in [3.8, 4) is 0 Å². The number of hydrogen-bond acceptors (Lipinski definition) is 5. The third kappa shape index (κ3) is 2.88. The summed E-state index contributed by atoms with van der Waals surface area (Å²) in [6, 6.07) is 2.53. The molecule has 6 nitrogen and oxygen atoms in total. The summed E-state index contributed by atoms with van der Waals surface area (Å²) in [6.07, 6.45) is 9.26. The number of carbonyl (C=O) groups is 1. The topological polar surface area (TPSA) is 58.6 Å². The maximum Gasteiger partial charge on any atom is 0.230 e. The lowest BCUT2D eigenvalue weighted by Crippen LogP contribution is -2.54. The molecule has 1 saturated carbocycles. The van der Waals surface area contributed by atoms with Crippen LogP contribution in [0.25, 0.3) is 0 Å². The SMILES string of the molecule is O=C1N(C2CCOCC2)CCCC12CCN(c1cc(C3CC3)ncn1)C2. The molecule has 1 spiro atoms. The molecule has 0 aromatic carbocycles. The maximum atomic E-state index is 13.4. The molecule has 4 fully saturated rings. The number of likely N-dealkylation sites (tertiary alicyclic amines) is 1. The van der Waals surface area contributed by atoms with Gasteiger partial charge in [-0.25, -0.2) is 9.97 Å². The summed E-state index contributed by atoms with van der Waals surface area (Å²) in [4.78, 5) is 26.9. The van der Waals surface area contributed by atoms with E-state index in [4.69, 9.17) is 4.74 Å². The van der Waals surface area contributed by atoms with Crippen LogP contribution >= 0.6 is 0 Å². The number of rotatable bonds is 3. The van der Waals surface area contributed by atoms with E-state index in [2.05, 4.69) is 25.8 Å². The molecule has 0 radical (unpaired) electrons. The molecule has 1 unspecified atom stereocenters. The number of hydrogen-bond donors (Lipinski definition) is 0. The highest BCUT2D eigenvalue weighted by Gasteiger charge is 2.50. The van der Waals surface area contributed by atoms with Crippen LogP contribution in [0.15, 0.2) is 12.4 Å². The van der Waals surface area contributed by atoms with Gasteiger partial charge in [-0.05, 0) is 44.9 Å². The Bertz CT molecular complexity index is 686. The summed E-state index contributed by atoms with van der Waals surface area (Å²) in [6.45, 7) is 4.24. The maximum absolute atomic E-state index is 13.4. The van der Waals surface area contributed by atoms with E-state index in [1.807, 2.05) is 0 Å². The lowest BCUT2D eigenvalue weighted by Gasteiger charge is -2.44. The molecule has 140 valence electrons. The van der Waals surface area contributed by atoms with Crippen molar-refractivity contribution >= 4 is 11.7 Å². The van der Waals surface area contributed by atoms with Gasteiger partial charge in [0.15, 0.2) is 0 Å². The number of piperidine rings is 1. The number of ether oxygens (including phenoxy) is 1. The van der Waals surface area contributed by atoms with Gasteiger partial charge < -0.3 is 14.5 Å². The monoisotopic (exact) mass is 356 g/mol. The normalized spacial score (nSPS) is 30.4. The molecule has 1 atom stereocenters. The molecule has 26 heavy (non-hydrogen) atoms. The molecule has 3 saturated heterocycles. The average molecular weight is 356 g/mol. The van der Waals surface area contributed by atoms with Crippen LogP contribution in [-0.4, -0.2) is 59.7 Å². The van der Waals surface area contributed by atoms with Crippen molar-refractivity contribution in [2.45, 2.75) is 56.9 Å². The highest BCUT2D eigenvalue weighted by atomic mass is 16.5. The molecular weight excluding hydrogens is 328 g/mol. The first-order valence-corrected chi connectivity index (χ1v) is 10.2. The molecule has 4 aliphatic rings. The molecule has 1 aliphatic carbocycles. The van der Waals surface area contributed by atoms with E-state index in [0.717, 1.165) is 70.8 Å². The van der Waals surface area contributed by atoms with Gasteiger partial charge in [0.1, 0.15) is 12.1 Å². The highest BCUT2D eigenvalue weighted by molar-refractivity contribution is 5.85. The van der Waals surface area contributed by atoms with Crippen LogP contribution in [0.2, 0.25) is 0 Å². The summed E-state index contributed by atoms with van der Waals surface area (Å²) in [7, 11) is 0. The standard InChI is InChI=1S/C20H28N4O2/c25-19-20(6-1-8-24(19)16-4-10-26-11-5-16)7-9-23(13-20)18-12-17(15-2-3-15)21-14-22-18/h12,14-16H,1-11,13H2. The second-order valence-corrected chi connectivity index (χ2v) is 8.47. The fourth-order valence-corrected chi connectivity index (χ4v) is 5.03. The van der Waals surface area contributed by atoms with Gasteiger partial charge in [0.05, 0.1) is 5.41 Å².